The molecule has 6 rings (SSSR count). The number of aromatic nitrogens is 4. The molecule has 2 aliphatic rings. The van der Waals surface area contributed by atoms with Gasteiger partial charge in [0.25, 0.3) is 5.56 Å². The third-order valence-electron chi connectivity index (χ3n) is 6.40. The number of aromatic amines is 1. The van der Waals surface area contributed by atoms with Crippen LogP contribution in [0.2, 0.25) is 0 Å². The first-order valence-electron chi connectivity index (χ1n) is 11.0. The highest BCUT2D eigenvalue weighted by Crippen LogP contribution is 2.34. The van der Waals surface area contributed by atoms with Crippen LogP contribution in [0.15, 0.2) is 33.6 Å². The van der Waals surface area contributed by atoms with Crippen LogP contribution in [-0.4, -0.2) is 38.1 Å². The number of rotatable bonds is 4. The Morgan fingerprint density at radius 1 is 1.19 bits per heavy atom. The average Bonchev–Trinajstić information content (AvgIpc) is 3.50. The number of H-pyrrole nitrogens is 1. The summed E-state index contributed by atoms with van der Waals surface area (Å²) in [5.74, 6) is 1.60. The molecule has 1 unspecified atom stereocenters. The first-order chi connectivity index (χ1) is 15.6. The number of piperidine rings is 1. The Bertz CT molecular complexity index is 1340. The Morgan fingerprint density at radius 3 is 2.94 bits per heavy atom. The van der Waals surface area contributed by atoms with Gasteiger partial charge in [-0.15, -0.1) is 11.3 Å². The second-order valence-corrected chi connectivity index (χ2v) is 9.67. The molecule has 7 nitrogen and oxygen atoms in total. The van der Waals surface area contributed by atoms with Gasteiger partial charge in [0.15, 0.2) is 0 Å². The molecular weight excluding hydrogens is 429 g/mol. The summed E-state index contributed by atoms with van der Waals surface area (Å²) >= 11 is 1.67. The summed E-state index contributed by atoms with van der Waals surface area (Å²) in [6, 6.07) is 6.08. The van der Waals surface area contributed by atoms with Crippen LogP contribution in [0.3, 0.4) is 0 Å². The molecule has 1 aliphatic carbocycles. The number of hydrogen-bond donors (Lipinski definition) is 1. The lowest BCUT2D eigenvalue weighted by Crippen LogP contribution is -2.35. The largest absolute Gasteiger partial charge is 0.339 e. The van der Waals surface area contributed by atoms with Gasteiger partial charge in [-0.2, -0.15) is 4.98 Å². The molecule has 1 aliphatic heterocycles. The number of fused-ring (bicyclic) bond motifs is 3. The number of halogens is 1. The molecular formula is C23H22FN5O2S. The highest BCUT2D eigenvalue weighted by Gasteiger charge is 2.27. The molecule has 1 saturated heterocycles. The number of likely N-dealkylation sites (tertiary alicyclic amines) is 1. The number of benzene rings is 1. The summed E-state index contributed by atoms with van der Waals surface area (Å²) < 4.78 is 18.7. The third-order valence-corrected chi connectivity index (χ3v) is 7.58. The molecule has 9 heteroatoms. The van der Waals surface area contributed by atoms with Gasteiger partial charge < -0.3 is 9.51 Å². The molecule has 1 N–H and O–H groups in total. The van der Waals surface area contributed by atoms with Crippen molar-refractivity contribution in [3.63, 3.8) is 0 Å². The van der Waals surface area contributed by atoms with Gasteiger partial charge in [-0.3, -0.25) is 9.69 Å². The smallest absolute Gasteiger partial charge is 0.259 e. The van der Waals surface area contributed by atoms with Crippen LogP contribution >= 0.6 is 11.3 Å². The molecule has 164 valence electrons. The Hall–Kier alpha value is -2.91. The van der Waals surface area contributed by atoms with Gasteiger partial charge in [0.05, 0.1) is 17.8 Å². The molecule has 0 amide bonds. The van der Waals surface area contributed by atoms with Gasteiger partial charge in [0.1, 0.15) is 16.5 Å². The van der Waals surface area contributed by atoms with Crippen LogP contribution in [0.5, 0.6) is 0 Å². The van der Waals surface area contributed by atoms with Gasteiger partial charge >= 0.3 is 0 Å². The van der Waals surface area contributed by atoms with Crippen molar-refractivity contribution < 1.29 is 8.91 Å². The van der Waals surface area contributed by atoms with Crippen LogP contribution in [-0.2, 0) is 19.4 Å². The molecule has 0 saturated carbocycles. The van der Waals surface area contributed by atoms with Gasteiger partial charge in [-0.05, 0) is 68.5 Å². The van der Waals surface area contributed by atoms with E-state index in [1.165, 1.54) is 22.6 Å². The zero-order valence-electron chi connectivity index (χ0n) is 17.4. The fourth-order valence-electron chi connectivity index (χ4n) is 4.85. The lowest BCUT2D eigenvalue weighted by molar-refractivity contribution is 0.177. The van der Waals surface area contributed by atoms with E-state index in [0.29, 0.717) is 24.1 Å². The monoisotopic (exact) mass is 451 g/mol. The Kier molecular flexibility index (Phi) is 4.87. The zero-order valence-corrected chi connectivity index (χ0v) is 18.3. The van der Waals surface area contributed by atoms with Gasteiger partial charge in [0.2, 0.25) is 11.7 Å². The molecule has 1 aromatic carbocycles. The predicted molar refractivity (Wildman–Crippen MR) is 119 cm³/mol. The van der Waals surface area contributed by atoms with Gasteiger partial charge in [-0.1, -0.05) is 5.16 Å². The number of nitrogens with zero attached hydrogens (tertiary/aromatic N) is 4. The van der Waals surface area contributed by atoms with Crippen molar-refractivity contribution in [2.75, 3.05) is 13.1 Å². The van der Waals surface area contributed by atoms with Crippen molar-refractivity contribution in [2.24, 2.45) is 0 Å². The van der Waals surface area contributed by atoms with Crippen molar-refractivity contribution in [3.05, 3.63) is 62.6 Å². The fraction of sp³-hybridized carbons (Fsp3) is 0.391. The summed E-state index contributed by atoms with van der Waals surface area (Å²) in [6.07, 6.45) is 5.13. The number of thiophene rings is 1. The minimum absolute atomic E-state index is 0.0150. The maximum atomic E-state index is 13.2. The van der Waals surface area contributed by atoms with Crippen LogP contribution in [0.25, 0.3) is 21.6 Å². The van der Waals surface area contributed by atoms with Crippen molar-refractivity contribution >= 4 is 21.6 Å². The highest BCUT2D eigenvalue weighted by molar-refractivity contribution is 7.18. The van der Waals surface area contributed by atoms with Crippen molar-refractivity contribution in [2.45, 2.75) is 44.6 Å². The van der Waals surface area contributed by atoms with Crippen molar-refractivity contribution in [3.8, 4) is 11.4 Å². The van der Waals surface area contributed by atoms with E-state index >= 15 is 0 Å². The van der Waals surface area contributed by atoms with Crippen LogP contribution < -0.4 is 5.56 Å². The van der Waals surface area contributed by atoms with E-state index in [-0.39, 0.29) is 17.3 Å². The topological polar surface area (TPSA) is 87.9 Å². The predicted octanol–water partition coefficient (Wildman–Crippen LogP) is 4.04. The first-order valence-corrected chi connectivity index (χ1v) is 11.8. The Morgan fingerprint density at radius 2 is 2.06 bits per heavy atom. The lowest BCUT2D eigenvalue weighted by atomic mass is 9.98. The minimum atomic E-state index is -0.294. The molecule has 0 bridgehead atoms. The molecule has 32 heavy (non-hydrogen) atoms. The second kappa shape index (κ2) is 7.90. The summed E-state index contributed by atoms with van der Waals surface area (Å²) in [4.78, 5) is 29.6. The summed E-state index contributed by atoms with van der Waals surface area (Å²) in [5.41, 5.74) is 1.92. The first kappa shape index (κ1) is 19.8. The molecule has 1 fully saturated rings. The van der Waals surface area contributed by atoms with Crippen molar-refractivity contribution in [1.82, 2.24) is 25.0 Å². The quantitative estimate of drug-likeness (QED) is 0.504. The Balaban J connectivity index is 1.19. The van der Waals surface area contributed by atoms with Gasteiger partial charge in [0, 0.05) is 17.0 Å². The van der Waals surface area contributed by atoms with E-state index in [0.717, 1.165) is 61.0 Å². The maximum Gasteiger partial charge on any atom is 0.259 e. The van der Waals surface area contributed by atoms with E-state index < -0.39 is 0 Å². The fourth-order valence-corrected chi connectivity index (χ4v) is 6.13. The zero-order chi connectivity index (χ0) is 21.7. The van der Waals surface area contributed by atoms with E-state index in [1.54, 1.807) is 23.5 Å². The molecule has 0 radical (unpaired) electrons. The van der Waals surface area contributed by atoms with E-state index in [4.69, 9.17) is 9.51 Å². The highest BCUT2D eigenvalue weighted by atomic mass is 32.1. The SMILES string of the molecule is O=c1[nH]c(CN2CCCC(c3nc(-c4ccc(F)cc4)no3)C2)nc2sc3c(c12)CCC3. The maximum absolute atomic E-state index is 13.2. The average molecular weight is 452 g/mol. The van der Waals surface area contributed by atoms with Crippen LogP contribution in [0.4, 0.5) is 4.39 Å². The number of nitrogens with one attached hydrogen (secondary N) is 1. The molecule has 1 atom stereocenters. The number of aryl methyl sites for hydroxylation is 2. The number of hydrogen-bond acceptors (Lipinski definition) is 7. The Labute approximate surface area is 187 Å². The normalized spacial score (nSPS) is 19.0. The van der Waals surface area contributed by atoms with E-state index in [2.05, 4.69) is 20.0 Å². The summed E-state index contributed by atoms with van der Waals surface area (Å²) in [6.45, 7) is 2.27. The minimum Gasteiger partial charge on any atom is -0.339 e. The summed E-state index contributed by atoms with van der Waals surface area (Å²) in [5, 5.41) is 4.88. The third kappa shape index (κ3) is 3.55. The van der Waals surface area contributed by atoms with E-state index in [1.807, 2.05) is 0 Å². The van der Waals surface area contributed by atoms with Crippen LogP contribution in [0.1, 0.15) is 47.3 Å². The molecule has 4 heterocycles. The van der Waals surface area contributed by atoms with Gasteiger partial charge in [-0.25, -0.2) is 9.37 Å². The second-order valence-electron chi connectivity index (χ2n) is 8.59. The lowest BCUT2D eigenvalue weighted by Gasteiger charge is -2.30. The molecule has 3 aromatic heterocycles. The van der Waals surface area contributed by atoms with E-state index in [9.17, 15) is 9.18 Å². The molecule has 4 aromatic rings. The summed E-state index contributed by atoms with van der Waals surface area (Å²) in [7, 11) is 0. The standard InChI is InChI=1S/C23H22FN5O2S/c24-15-8-6-13(7-9-15)20-27-22(31-28-20)14-3-2-10-29(11-14)12-18-25-21(30)19-16-4-1-5-17(16)32-23(19)26-18/h6-9,14H,1-5,10-12H2,(H,25,26,30). The molecule has 0 spiro atoms. The van der Waals surface area contributed by atoms with Crippen molar-refractivity contribution in [1.29, 1.82) is 0 Å². The van der Waals surface area contributed by atoms with Crippen LogP contribution in [0, 0.1) is 5.82 Å².